The van der Waals surface area contributed by atoms with Crippen LogP contribution in [0, 0.1) is 0 Å². The van der Waals surface area contributed by atoms with Gasteiger partial charge >= 0.3 is 0 Å². The van der Waals surface area contributed by atoms with E-state index in [-0.39, 0.29) is 11.4 Å². The summed E-state index contributed by atoms with van der Waals surface area (Å²) < 4.78 is 0. The highest BCUT2D eigenvalue weighted by Gasteiger charge is 2.29. The first kappa shape index (κ1) is 22.0. The van der Waals surface area contributed by atoms with Crippen LogP contribution >= 0.6 is 0 Å². The first-order valence-electron chi connectivity index (χ1n) is 11.4. The average Bonchev–Trinajstić information content (AvgIpc) is 3.17. The zero-order valence-electron chi connectivity index (χ0n) is 19.5. The summed E-state index contributed by atoms with van der Waals surface area (Å²) in [6.45, 7) is 11.0. The van der Waals surface area contributed by atoms with Gasteiger partial charge in [-0.25, -0.2) is 4.98 Å². The summed E-state index contributed by atoms with van der Waals surface area (Å²) in [4.78, 5) is 25.5. The average molecular weight is 435 g/mol. The van der Waals surface area contributed by atoms with Crippen molar-refractivity contribution in [3.8, 4) is 0 Å². The number of fused-ring (bicyclic) bond motifs is 1. The Kier molecular flexibility index (Phi) is 6.00. The Bertz CT molecular complexity index is 1090. The van der Waals surface area contributed by atoms with Crippen molar-refractivity contribution in [3.63, 3.8) is 0 Å². The molecule has 1 fully saturated rings. The van der Waals surface area contributed by atoms with E-state index in [0.29, 0.717) is 17.3 Å². The highest BCUT2D eigenvalue weighted by Crippen LogP contribution is 2.31. The maximum Gasteiger partial charge on any atom is 0.256 e. The van der Waals surface area contributed by atoms with Crippen molar-refractivity contribution in [1.82, 2.24) is 14.9 Å². The minimum Gasteiger partial charge on any atom is -0.399 e. The van der Waals surface area contributed by atoms with E-state index >= 15 is 0 Å². The fourth-order valence-corrected chi connectivity index (χ4v) is 4.57. The molecule has 1 amide bonds. The van der Waals surface area contributed by atoms with Crippen LogP contribution in [-0.2, 0) is 0 Å². The fourth-order valence-electron chi connectivity index (χ4n) is 4.57. The van der Waals surface area contributed by atoms with Gasteiger partial charge in [-0.05, 0) is 70.9 Å². The van der Waals surface area contributed by atoms with E-state index in [9.17, 15) is 4.79 Å². The highest BCUT2D eigenvalue weighted by atomic mass is 16.2. The number of pyridine rings is 1. The molecule has 3 aromatic rings. The van der Waals surface area contributed by atoms with Gasteiger partial charge in [-0.15, -0.1) is 0 Å². The molecule has 0 atom stereocenters. The molecule has 7 heteroatoms. The van der Waals surface area contributed by atoms with Crippen molar-refractivity contribution in [2.24, 2.45) is 0 Å². The van der Waals surface area contributed by atoms with Crippen LogP contribution in [0.25, 0.3) is 10.9 Å². The predicted molar refractivity (Wildman–Crippen MR) is 132 cm³/mol. The van der Waals surface area contributed by atoms with E-state index in [1.165, 1.54) is 0 Å². The molecule has 0 radical (unpaired) electrons. The number of carbonyl (C=O) groups excluding carboxylic acids is 1. The van der Waals surface area contributed by atoms with E-state index in [0.717, 1.165) is 54.9 Å². The maximum absolute atomic E-state index is 13.2. The molecule has 0 saturated carbocycles. The number of nitrogens with two attached hydrogens (primary N) is 1. The minimum atomic E-state index is -0.0459. The molecule has 1 aromatic carbocycles. The lowest BCUT2D eigenvalue weighted by atomic mass is 10.0. The van der Waals surface area contributed by atoms with Crippen LogP contribution in [0.15, 0.2) is 42.7 Å². The van der Waals surface area contributed by atoms with Crippen LogP contribution in [0.2, 0.25) is 0 Å². The van der Waals surface area contributed by atoms with Gasteiger partial charge in [-0.1, -0.05) is 0 Å². The number of aromatic nitrogens is 2. The van der Waals surface area contributed by atoms with Crippen LogP contribution < -0.4 is 16.0 Å². The number of benzene rings is 1. The molecule has 1 saturated heterocycles. The molecule has 2 aromatic heterocycles. The van der Waals surface area contributed by atoms with Crippen molar-refractivity contribution in [2.75, 3.05) is 35.6 Å². The molecule has 3 heterocycles. The molecule has 1 aliphatic rings. The molecule has 32 heavy (non-hydrogen) atoms. The summed E-state index contributed by atoms with van der Waals surface area (Å²) >= 11 is 0. The van der Waals surface area contributed by atoms with E-state index in [4.69, 9.17) is 10.7 Å². The molecule has 7 nitrogen and oxygen atoms in total. The third kappa shape index (κ3) is 4.52. The number of nitrogens with one attached hydrogen (secondary N) is 2. The smallest absolute Gasteiger partial charge is 0.256 e. The number of carbonyl (C=O) groups is 1. The largest absolute Gasteiger partial charge is 0.399 e. The number of aromatic amines is 1. The van der Waals surface area contributed by atoms with Crippen molar-refractivity contribution < 1.29 is 4.79 Å². The number of nitrogen functional groups attached to an aromatic ring is 1. The molecular weight excluding hydrogens is 400 g/mol. The second-order valence-corrected chi connectivity index (χ2v) is 9.57. The molecule has 4 N–H and O–H groups in total. The molecule has 0 spiro atoms. The van der Waals surface area contributed by atoms with Gasteiger partial charge in [0.1, 0.15) is 0 Å². The quantitative estimate of drug-likeness (QED) is 0.515. The summed E-state index contributed by atoms with van der Waals surface area (Å²) in [6, 6.07) is 10.0. The van der Waals surface area contributed by atoms with Gasteiger partial charge in [-0.2, -0.15) is 0 Å². The molecule has 0 unspecified atom stereocenters. The van der Waals surface area contributed by atoms with Crippen molar-refractivity contribution >= 4 is 34.0 Å². The summed E-state index contributed by atoms with van der Waals surface area (Å²) in [6.07, 6.45) is 5.48. The Morgan fingerprint density at radius 1 is 1.28 bits per heavy atom. The van der Waals surface area contributed by atoms with Crippen molar-refractivity contribution in [1.29, 1.82) is 0 Å². The second kappa shape index (κ2) is 8.73. The molecule has 0 aliphatic carbocycles. The number of rotatable bonds is 5. The Morgan fingerprint density at radius 2 is 2.03 bits per heavy atom. The third-order valence-electron chi connectivity index (χ3n) is 6.04. The third-order valence-corrected chi connectivity index (χ3v) is 6.04. The van der Waals surface area contributed by atoms with Gasteiger partial charge in [0.15, 0.2) is 5.82 Å². The van der Waals surface area contributed by atoms with Gasteiger partial charge in [0.05, 0.1) is 11.3 Å². The van der Waals surface area contributed by atoms with Crippen molar-refractivity contribution in [2.45, 2.75) is 52.1 Å². The van der Waals surface area contributed by atoms with E-state index in [1.54, 1.807) is 6.20 Å². The second-order valence-electron chi connectivity index (χ2n) is 9.57. The number of likely N-dealkylation sites (tertiary alicyclic amines) is 1. The number of anilines is 3. The number of H-pyrrole nitrogens is 1. The predicted octanol–water partition coefficient (Wildman–Crippen LogP) is 4.49. The normalized spacial score (nSPS) is 15.2. The van der Waals surface area contributed by atoms with E-state index < -0.39 is 0 Å². The number of hydrogen-bond donors (Lipinski definition) is 3. The number of nitrogens with zero attached hydrogens (tertiary/aromatic N) is 3. The molecule has 170 valence electrons. The Hall–Kier alpha value is -3.22. The summed E-state index contributed by atoms with van der Waals surface area (Å²) in [5, 5.41) is 4.48. The monoisotopic (exact) mass is 434 g/mol. The zero-order chi connectivity index (χ0) is 22.9. The zero-order valence-corrected chi connectivity index (χ0v) is 19.5. The van der Waals surface area contributed by atoms with E-state index in [1.807, 2.05) is 35.4 Å². The van der Waals surface area contributed by atoms with Gasteiger partial charge in [0, 0.05) is 60.2 Å². The molecular formula is C25H34N6O. The van der Waals surface area contributed by atoms with Crippen LogP contribution in [0.4, 0.5) is 17.2 Å². The number of hydrogen-bond acceptors (Lipinski definition) is 5. The minimum absolute atomic E-state index is 0.0459. The summed E-state index contributed by atoms with van der Waals surface area (Å²) in [7, 11) is 0. The number of piperidine rings is 1. The molecule has 0 bridgehead atoms. The van der Waals surface area contributed by atoms with Gasteiger partial charge in [0.25, 0.3) is 5.91 Å². The van der Waals surface area contributed by atoms with Gasteiger partial charge < -0.3 is 25.8 Å². The summed E-state index contributed by atoms with van der Waals surface area (Å²) in [5.41, 5.74) is 9.25. The van der Waals surface area contributed by atoms with E-state index in [2.05, 4.69) is 49.0 Å². The van der Waals surface area contributed by atoms with Crippen LogP contribution in [-0.4, -0.2) is 52.0 Å². The standard InChI is InChI=1S/C25H34N6O/c1-5-31(23-22(7-6-12-27-23)29-25(2,3)4)18-10-13-30(14-11-18)24(32)20-16-28-21-9-8-17(26)15-19(20)21/h6-9,12,15-16,18,28-29H,5,10-11,13-14,26H2,1-4H3. The van der Waals surface area contributed by atoms with Crippen LogP contribution in [0.3, 0.4) is 0 Å². The Morgan fingerprint density at radius 3 is 2.72 bits per heavy atom. The lowest BCUT2D eigenvalue weighted by molar-refractivity contribution is 0.0714. The van der Waals surface area contributed by atoms with Gasteiger partial charge in [0.2, 0.25) is 0 Å². The maximum atomic E-state index is 13.2. The Labute approximate surface area is 190 Å². The fraction of sp³-hybridized carbons (Fsp3) is 0.440. The highest BCUT2D eigenvalue weighted by molar-refractivity contribution is 6.07. The first-order chi connectivity index (χ1) is 15.3. The SMILES string of the molecule is CCN(c1ncccc1NC(C)(C)C)C1CCN(C(=O)c2c[nH]c3ccc(N)cc23)CC1. The summed E-state index contributed by atoms with van der Waals surface area (Å²) in [5.74, 6) is 1.05. The molecule has 1 aliphatic heterocycles. The molecule has 4 rings (SSSR count). The van der Waals surface area contributed by atoms with Crippen molar-refractivity contribution in [3.05, 3.63) is 48.3 Å². The first-order valence-corrected chi connectivity index (χ1v) is 11.4. The lowest BCUT2D eigenvalue weighted by Crippen LogP contribution is -2.47. The topological polar surface area (TPSA) is 90.3 Å². The van der Waals surface area contributed by atoms with Gasteiger partial charge in [-0.3, -0.25) is 4.79 Å². The lowest BCUT2D eigenvalue weighted by Gasteiger charge is -2.39. The van der Waals surface area contributed by atoms with Crippen LogP contribution in [0.5, 0.6) is 0 Å². The van der Waals surface area contributed by atoms with Crippen LogP contribution in [0.1, 0.15) is 50.9 Å². The Balaban J connectivity index is 1.48. The number of amides is 1.